The molecule has 2 radical (unpaired) electrons. The molecule has 2 aromatic heterocycles. The summed E-state index contributed by atoms with van der Waals surface area (Å²) in [5.41, 5.74) is 7.10. The van der Waals surface area contributed by atoms with Crippen molar-refractivity contribution in [2.24, 2.45) is 0 Å². The van der Waals surface area contributed by atoms with Gasteiger partial charge in [0.15, 0.2) is 0 Å². The van der Waals surface area contributed by atoms with Crippen molar-refractivity contribution in [3.05, 3.63) is 12.7 Å². The summed E-state index contributed by atoms with van der Waals surface area (Å²) in [6, 6.07) is 0. The summed E-state index contributed by atoms with van der Waals surface area (Å²) in [6.07, 6.45) is 3.19. The molecule has 5 nitrogen and oxygen atoms in total. The molecule has 0 saturated heterocycles. The van der Waals surface area contributed by atoms with Crippen LogP contribution in [0.1, 0.15) is 0 Å². The second-order valence-electron chi connectivity index (χ2n) is 2.08. The number of aromatic nitrogens is 4. The second kappa shape index (κ2) is 2.40. The molecular formula is C5H5N5Pb. The van der Waals surface area contributed by atoms with E-state index < -0.39 is 0 Å². The number of anilines is 1. The van der Waals surface area contributed by atoms with Crippen molar-refractivity contribution in [3.63, 3.8) is 0 Å². The molecule has 0 aliphatic carbocycles. The van der Waals surface area contributed by atoms with Crippen molar-refractivity contribution in [2.45, 2.75) is 0 Å². The molecule has 2 N–H and O–H groups in total. The first-order chi connectivity index (χ1) is 5.29. The summed E-state index contributed by atoms with van der Waals surface area (Å²) in [6.45, 7) is 0. The number of nitrogens with zero attached hydrogens (tertiary/aromatic N) is 4. The first-order valence-corrected chi connectivity index (χ1v) is 4.98. The molecule has 11 heavy (non-hydrogen) atoms. The molecule has 2 aromatic rings. The average molecular weight is 342 g/mol. The number of imidazole rings is 1. The summed E-state index contributed by atoms with van der Waals surface area (Å²) in [7, 11) is 0. The van der Waals surface area contributed by atoms with E-state index in [4.69, 9.17) is 5.73 Å². The van der Waals surface area contributed by atoms with Gasteiger partial charge in [-0.05, 0) is 0 Å². The van der Waals surface area contributed by atoms with Crippen LogP contribution in [0.5, 0.6) is 0 Å². The fourth-order valence-corrected chi connectivity index (χ4v) is 1.86. The van der Waals surface area contributed by atoms with Crippen molar-refractivity contribution < 1.29 is 0 Å². The standard InChI is InChI=1S/C5H4N5.Pb.H/c6-4-3-5(9-1-7-3)10-2-8-4;;/h1-2H,(H2-,6,7,8,9,10);;/q-1;+1;. The van der Waals surface area contributed by atoms with E-state index in [9.17, 15) is 0 Å². The van der Waals surface area contributed by atoms with Gasteiger partial charge < -0.3 is 0 Å². The van der Waals surface area contributed by atoms with Crippen LogP contribution in [0.4, 0.5) is 5.82 Å². The monoisotopic (exact) mass is 343 g/mol. The SMILES string of the molecule is Nc1ncnc2c1nc[n]2[PbH]. The van der Waals surface area contributed by atoms with Crippen molar-refractivity contribution in [2.75, 3.05) is 5.73 Å². The summed E-state index contributed by atoms with van der Waals surface area (Å²) in [4.78, 5) is 12.0. The second-order valence-corrected chi connectivity index (χ2v) is 4.25. The molecule has 6 heteroatoms. The van der Waals surface area contributed by atoms with Crippen LogP contribution in [-0.2, 0) is 0 Å². The van der Waals surface area contributed by atoms with Gasteiger partial charge in [-0.2, -0.15) is 0 Å². The third-order valence-corrected chi connectivity index (χ3v) is 2.86. The Kier molecular flexibility index (Phi) is 1.51. The minimum absolute atomic E-state index is 0.453. The first kappa shape index (κ1) is 6.95. The topological polar surface area (TPSA) is 69.6 Å². The zero-order valence-electron chi connectivity index (χ0n) is 5.60. The van der Waals surface area contributed by atoms with Gasteiger partial charge in [-0.3, -0.25) is 0 Å². The molecule has 2 heterocycles. The quantitative estimate of drug-likeness (QED) is 0.629. The molecule has 0 bridgehead atoms. The fraction of sp³-hybridized carbons (Fsp3) is 0. The molecule has 0 saturated carbocycles. The van der Waals surface area contributed by atoms with Crippen molar-refractivity contribution in [1.82, 2.24) is 17.3 Å². The van der Waals surface area contributed by atoms with Crippen LogP contribution in [0, 0.1) is 0 Å². The van der Waals surface area contributed by atoms with E-state index in [2.05, 4.69) is 15.0 Å². The van der Waals surface area contributed by atoms with Crippen LogP contribution >= 0.6 is 0 Å². The molecule has 0 atom stereocenters. The van der Waals surface area contributed by atoms with Gasteiger partial charge in [-0.15, -0.1) is 0 Å². The summed E-state index contributed by atoms with van der Waals surface area (Å²) < 4.78 is 1.97. The maximum absolute atomic E-state index is 5.56. The van der Waals surface area contributed by atoms with Gasteiger partial charge in [-0.25, -0.2) is 0 Å². The zero-order valence-corrected chi connectivity index (χ0v) is 10.1. The normalized spacial score (nSPS) is 10.6. The molecule has 0 aliphatic rings. The van der Waals surface area contributed by atoms with Gasteiger partial charge in [0.05, 0.1) is 0 Å². The van der Waals surface area contributed by atoms with Gasteiger partial charge in [0.25, 0.3) is 0 Å². The third-order valence-electron chi connectivity index (χ3n) is 1.39. The first-order valence-electron chi connectivity index (χ1n) is 2.97. The molecule has 0 aliphatic heterocycles. The van der Waals surface area contributed by atoms with E-state index in [1.54, 1.807) is 6.33 Å². The molecular weight excluding hydrogens is 337 g/mol. The zero-order chi connectivity index (χ0) is 7.84. The predicted octanol–water partition coefficient (Wildman–Crippen LogP) is -0.928. The summed E-state index contributed by atoms with van der Waals surface area (Å²) >= 11 is 0.666. The van der Waals surface area contributed by atoms with Crippen LogP contribution in [0.3, 0.4) is 0 Å². The molecule has 2 rings (SSSR count). The Morgan fingerprint density at radius 2 is 2.18 bits per heavy atom. The Labute approximate surface area is 78.8 Å². The Morgan fingerprint density at radius 1 is 1.36 bits per heavy atom. The Hall–Kier alpha value is -0.728. The van der Waals surface area contributed by atoms with Crippen molar-refractivity contribution in [3.8, 4) is 0 Å². The van der Waals surface area contributed by atoms with Gasteiger partial charge in [0, 0.05) is 0 Å². The molecule has 0 spiro atoms. The molecule has 0 amide bonds. The molecule has 0 aromatic carbocycles. The van der Waals surface area contributed by atoms with E-state index in [-0.39, 0.29) is 0 Å². The van der Waals surface area contributed by atoms with Gasteiger partial charge in [0.2, 0.25) is 0 Å². The van der Waals surface area contributed by atoms with Crippen LogP contribution in [0.25, 0.3) is 11.2 Å². The van der Waals surface area contributed by atoms with E-state index in [1.807, 2.05) is 2.38 Å². The number of hydrogen-bond acceptors (Lipinski definition) is 4. The number of rotatable bonds is 0. The van der Waals surface area contributed by atoms with Gasteiger partial charge in [-0.1, -0.05) is 0 Å². The van der Waals surface area contributed by atoms with Crippen molar-refractivity contribution in [1.29, 1.82) is 0 Å². The van der Waals surface area contributed by atoms with E-state index in [0.717, 1.165) is 5.65 Å². The molecule has 0 fully saturated rings. The Balaban J connectivity index is 2.94. The van der Waals surface area contributed by atoms with Crippen molar-refractivity contribution >= 4 is 43.0 Å². The Bertz CT molecular complexity index is 395. The minimum atomic E-state index is 0.453. The molecule has 0 unspecified atom stereocenters. The van der Waals surface area contributed by atoms with Crippen LogP contribution in [0.15, 0.2) is 12.7 Å². The van der Waals surface area contributed by atoms with E-state index in [0.29, 0.717) is 37.4 Å². The third kappa shape index (κ3) is 0.988. The summed E-state index contributed by atoms with van der Waals surface area (Å²) in [5, 5.41) is 0. The van der Waals surface area contributed by atoms with Crippen LogP contribution in [-0.4, -0.2) is 43.4 Å². The van der Waals surface area contributed by atoms with Gasteiger partial charge in [0.1, 0.15) is 0 Å². The Morgan fingerprint density at radius 3 is 2.91 bits per heavy atom. The number of fused-ring (bicyclic) bond motifs is 1. The molecule has 54 valence electrons. The van der Waals surface area contributed by atoms with E-state index in [1.165, 1.54) is 6.33 Å². The average Bonchev–Trinajstić information content (AvgIpc) is 2.35. The van der Waals surface area contributed by atoms with E-state index >= 15 is 0 Å². The number of nitrogens with two attached hydrogens (primary N) is 1. The predicted molar refractivity (Wildman–Crippen MR) is 42.3 cm³/mol. The number of hydrogen-bond donors (Lipinski definition) is 1. The fourth-order valence-electron chi connectivity index (χ4n) is 0.870. The van der Waals surface area contributed by atoms with Crippen LogP contribution < -0.4 is 5.73 Å². The van der Waals surface area contributed by atoms with Crippen LogP contribution in [0.2, 0.25) is 0 Å². The number of nitrogen functional groups attached to an aromatic ring is 1. The van der Waals surface area contributed by atoms with Gasteiger partial charge >= 0.3 is 78.8 Å². The maximum atomic E-state index is 5.56. The summed E-state index contributed by atoms with van der Waals surface area (Å²) in [5.74, 6) is 0.453.